The molecule has 0 spiro atoms. The van der Waals surface area contributed by atoms with E-state index in [0.29, 0.717) is 0 Å². The molecule has 1 saturated heterocycles. The fourth-order valence-corrected chi connectivity index (χ4v) is 2.81. The third-order valence-corrected chi connectivity index (χ3v) is 3.82. The lowest BCUT2D eigenvalue weighted by molar-refractivity contribution is 0.393. The second-order valence-electron chi connectivity index (χ2n) is 5.42. The fourth-order valence-electron chi connectivity index (χ4n) is 2.81. The van der Waals surface area contributed by atoms with Gasteiger partial charge in [0.1, 0.15) is 0 Å². The van der Waals surface area contributed by atoms with Crippen molar-refractivity contribution in [3.05, 3.63) is 36.0 Å². The quantitative estimate of drug-likeness (QED) is 0.885. The third-order valence-electron chi connectivity index (χ3n) is 3.82. The second-order valence-corrected chi connectivity index (χ2v) is 5.42. The van der Waals surface area contributed by atoms with Crippen molar-refractivity contribution in [1.29, 1.82) is 0 Å². The fraction of sp³-hybridized carbons (Fsp3) is 0.438. The lowest BCUT2D eigenvalue weighted by Gasteiger charge is -2.23. The lowest BCUT2D eigenvalue weighted by Crippen LogP contribution is -2.33. The Labute approximate surface area is 114 Å². The lowest BCUT2D eigenvalue weighted by atomic mass is 9.99. The molecule has 1 unspecified atom stereocenters. The number of anilines is 1. The first-order chi connectivity index (χ1) is 9.33. The predicted octanol–water partition coefficient (Wildman–Crippen LogP) is 2.95. The van der Waals surface area contributed by atoms with Gasteiger partial charge in [0.2, 0.25) is 0 Å². The Morgan fingerprint density at radius 1 is 1.37 bits per heavy atom. The van der Waals surface area contributed by atoms with Gasteiger partial charge in [0.25, 0.3) is 0 Å². The summed E-state index contributed by atoms with van der Waals surface area (Å²) in [4.78, 5) is 4.58. The predicted molar refractivity (Wildman–Crippen MR) is 80.6 cm³/mol. The second kappa shape index (κ2) is 5.57. The first-order valence-corrected chi connectivity index (χ1v) is 7.14. The smallest absolute Gasteiger partial charge is 0.0725 e. The molecule has 0 bridgehead atoms. The highest BCUT2D eigenvalue weighted by Gasteiger charge is 2.13. The number of para-hydroxylation sites is 1. The van der Waals surface area contributed by atoms with Gasteiger partial charge >= 0.3 is 0 Å². The van der Waals surface area contributed by atoms with Gasteiger partial charge in [0.15, 0.2) is 0 Å². The standard InChI is InChI=1S/C16H21N3/c1-12-9-16(14-6-2-3-7-15(14)19-12)18-11-13-5-4-8-17-10-13/h2-3,6-7,9,13,17H,4-5,8,10-11H2,1H3,(H,18,19). The van der Waals surface area contributed by atoms with Crippen LogP contribution in [-0.2, 0) is 0 Å². The topological polar surface area (TPSA) is 37.0 Å². The number of fused-ring (bicyclic) bond motifs is 1. The van der Waals surface area contributed by atoms with E-state index in [0.717, 1.165) is 30.2 Å². The maximum absolute atomic E-state index is 4.58. The molecule has 1 aromatic carbocycles. The number of nitrogens with zero attached hydrogens (tertiary/aromatic N) is 1. The minimum absolute atomic E-state index is 0.737. The summed E-state index contributed by atoms with van der Waals surface area (Å²) in [6.07, 6.45) is 2.62. The van der Waals surface area contributed by atoms with E-state index in [-0.39, 0.29) is 0 Å². The number of benzene rings is 1. The molecule has 2 heterocycles. The van der Waals surface area contributed by atoms with Crippen LogP contribution in [0.2, 0.25) is 0 Å². The normalized spacial score (nSPS) is 19.5. The molecule has 1 fully saturated rings. The van der Waals surface area contributed by atoms with Gasteiger partial charge in [-0.05, 0) is 50.9 Å². The van der Waals surface area contributed by atoms with Crippen molar-refractivity contribution in [1.82, 2.24) is 10.3 Å². The van der Waals surface area contributed by atoms with Gasteiger partial charge in [0.05, 0.1) is 5.52 Å². The highest BCUT2D eigenvalue weighted by atomic mass is 14.9. The van der Waals surface area contributed by atoms with Gasteiger partial charge < -0.3 is 10.6 Å². The van der Waals surface area contributed by atoms with E-state index in [9.17, 15) is 0 Å². The Morgan fingerprint density at radius 3 is 3.11 bits per heavy atom. The Morgan fingerprint density at radius 2 is 2.26 bits per heavy atom. The third kappa shape index (κ3) is 2.87. The number of hydrogen-bond donors (Lipinski definition) is 2. The summed E-state index contributed by atoms with van der Waals surface area (Å²) in [7, 11) is 0. The van der Waals surface area contributed by atoms with Crippen molar-refractivity contribution in [2.24, 2.45) is 5.92 Å². The molecule has 0 aliphatic carbocycles. The van der Waals surface area contributed by atoms with E-state index >= 15 is 0 Å². The van der Waals surface area contributed by atoms with Crippen LogP contribution in [0.25, 0.3) is 10.9 Å². The van der Waals surface area contributed by atoms with Crippen molar-refractivity contribution in [2.75, 3.05) is 25.0 Å². The van der Waals surface area contributed by atoms with Crippen LogP contribution in [0.1, 0.15) is 18.5 Å². The van der Waals surface area contributed by atoms with Crippen molar-refractivity contribution >= 4 is 16.6 Å². The highest BCUT2D eigenvalue weighted by Crippen LogP contribution is 2.23. The molecule has 1 aromatic heterocycles. The Bertz CT molecular complexity index is 559. The highest BCUT2D eigenvalue weighted by molar-refractivity contribution is 5.91. The maximum Gasteiger partial charge on any atom is 0.0725 e. The summed E-state index contributed by atoms with van der Waals surface area (Å²) in [6.45, 7) is 5.41. The number of nitrogens with one attached hydrogen (secondary N) is 2. The van der Waals surface area contributed by atoms with Gasteiger partial charge in [-0.1, -0.05) is 18.2 Å². The summed E-state index contributed by atoms with van der Waals surface area (Å²) in [5.74, 6) is 0.737. The van der Waals surface area contributed by atoms with E-state index in [4.69, 9.17) is 0 Å². The molecule has 3 heteroatoms. The molecule has 0 saturated carbocycles. The minimum atomic E-state index is 0.737. The molecule has 19 heavy (non-hydrogen) atoms. The molecule has 2 N–H and O–H groups in total. The van der Waals surface area contributed by atoms with Crippen LogP contribution in [0.3, 0.4) is 0 Å². The van der Waals surface area contributed by atoms with Crippen molar-refractivity contribution in [2.45, 2.75) is 19.8 Å². The summed E-state index contributed by atoms with van der Waals surface area (Å²) in [6, 6.07) is 10.5. The van der Waals surface area contributed by atoms with Crippen LogP contribution < -0.4 is 10.6 Å². The van der Waals surface area contributed by atoms with E-state index in [1.807, 2.05) is 6.07 Å². The molecule has 1 aliphatic rings. The van der Waals surface area contributed by atoms with Crippen LogP contribution in [0.15, 0.2) is 30.3 Å². The molecule has 0 amide bonds. The number of rotatable bonds is 3. The van der Waals surface area contributed by atoms with Crippen LogP contribution >= 0.6 is 0 Å². The Balaban J connectivity index is 1.79. The SMILES string of the molecule is Cc1cc(NCC2CCCNC2)c2ccccc2n1. The molecular formula is C16H21N3. The molecule has 2 aromatic rings. The monoisotopic (exact) mass is 255 g/mol. The van der Waals surface area contributed by atoms with Gasteiger partial charge in [-0.3, -0.25) is 4.98 Å². The van der Waals surface area contributed by atoms with Gasteiger partial charge in [0, 0.05) is 23.3 Å². The van der Waals surface area contributed by atoms with E-state index in [2.05, 4.69) is 46.8 Å². The summed E-state index contributed by atoms with van der Waals surface area (Å²) >= 11 is 0. The Hall–Kier alpha value is -1.61. The van der Waals surface area contributed by atoms with E-state index in [1.165, 1.54) is 30.5 Å². The minimum Gasteiger partial charge on any atom is -0.384 e. The first kappa shape index (κ1) is 12.4. The zero-order valence-corrected chi connectivity index (χ0v) is 11.4. The number of pyridine rings is 1. The largest absolute Gasteiger partial charge is 0.384 e. The molecule has 3 rings (SSSR count). The summed E-state index contributed by atoms with van der Waals surface area (Å²) in [5.41, 5.74) is 3.36. The van der Waals surface area contributed by atoms with Crippen molar-refractivity contribution in [3.8, 4) is 0 Å². The number of aryl methyl sites for hydroxylation is 1. The molecule has 1 atom stereocenters. The summed E-state index contributed by atoms with van der Waals surface area (Å²) < 4.78 is 0. The molecular weight excluding hydrogens is 234 g/mol. The molecule has 0 radical (unpaired) electrons. The van der Waals surface area contributed by atoms with Crippen LogP contribution in [0, 0.1) is 12.8 Å². The zero-order chi connectivity index (χ0) is 13.1. The zero-order valence-electron chi connectivity index (χ0n) is 11.4. The van der Waals surface area contributed by atoms with Crippen LogP contribution in [0.5, 0.6) is 0 Å². The van der Waals surface area contributed by atoms with E-state index < -0.39 is 0 Å². The number of aromatic nitrogens is 1. The van der Waals surface area contributed by atoms with Crippen molar-refractivity contribution < 1.29 is 0 Å². The van der Waals surface area contributed by atoms with Gasteiger partial charge in [-0.25, -0.2) is 0 Å². The molecule has 3 nitrogen and oxygen atoms in total. The maximum atomic E-state index is 4.58. The average molecular weight is 255 g/mol. The first-order valence-electron chi connectivity index (χ1n) is 7.14. The number of hydrogen-bond acceptors (Lipinski definition) is 3. The Kier molecular flexibility index (Phi) is 3.65. The number of piperidine rings is 1. The van der Waals surface area contributed by atoms with Crippen molar-refractivity contribution in [3.63, 3.8) is 0 Å². The van der Waals surface area contributed by atoms with Gasteiger partial charge in [-0.2, -0.15) is 0 Å². The van der Waals surface area contributed by atoms with Crippen LogP contribution in [-0.4, -0.2) is 24.6 Å². The average Bonchev–Trinajstić information content (AvgIpc) is 2.45. The molecule has 1 aliphatic heterocycles. The summed E-state index contributed by atoms with van der Waals surface area (Å²) in [5, 5.41) is 8.30. The van der Waals surface area contributed by atoms with Gasteiger partial charge in [-0.15, -0.1) is 0 Å². The van der Waals surface area contributed by atoms with E-state index in [1.54, 1.807) is 0 Å². The molecule has 100 valence electrons. The van der Waals surface area contributed by atoms with Crippen LogP contribution in [0.4, 0.5) is 5.69 Å².